The van der Waals surface area contributed by atoms with Crippen molar-refractivity contribution in [3.8, 4) is 0 Å². The highest BCUT2D eigenvalue weighted by molar-refractivity contribution is 6.28. The molecule has 2 rings (SSSR count). The summed E-state index contributed by atoms with van der Waals surface area (Å²) >= 11 is 5.80. The third-order valence-corrected chi connectivity index (χ3v) is 3.08. The van der Waals surface area contributed by atoms with Crippen molar-refractivity contribution < 1.29 is 4.74 Å². The summed E-state index contributed by atoms with van der Waals surface area (Å²) in [6.45, 7) is 4.53. The Morgan fingerprint density at radius 2 is 2.47 bits per heavy atom. The second-order valence-electron chi connectivity index (χ2n) is 4.09. The Bertz CT molecular complexity index is 382. The van der Waals surface area contributed by atoms with Gasteiger partial charge in [-0.1, -0.05) is 0 Å². The van der Waals surface area contributed by atoms with Gasteiger partial charge in [0.15, 0.2) is 5.82 Å². The van der Waals surface area contributed by atoms with Crippen LogP contribution in [0.15, 0.2) is 6.20 Å². The van der Waals surface area contributed by atoms with Crippen LogP contribution in [0.5, 0.6) is 0 Å². The Kier molecular flexibility index (Phi) is 4.02. The molecule has 0 aliphatic carbocycles. The van der Waals surface area contributed by atoms with Gasteiger partial charge in [0, 0.05) is 19.7 Å². The number of anilines is 2. The minimum atomic E-state index is 0.222. The quantitative estimate of drug-likeness (QED) is 0.831. The van der Waals surface area contributed by atoms with Crippen molar-refractivity contribution in [3.05, 3.63) is 11.5 Å². The molecule has 0 saturated carbocycles. The third kappa shape index (κ3) is 2.98. The van der Waals surface area contributed by atoms with Gasteiger partial charge in [-0.25, -0.2) is 4.98 Å². The summed E-state index contributed by atoms with van der Waals surface area (Å²) in [5, 5.41) is 0.222. The van der Waals surface area contributed by atoms with Crippen LogP contribution in [0.4, 0.5) is 11.5 Å². The maximum atomic E-state index is 5.87. The molecular formula is C11H17ClN4O. The van der Waals surface area contributed by atoms with Crippen LogP contribution in [0.2, 0.25) is 5.28 Å². The molecule has 1 aliphatic heterocycles. The highest BCUT2D eigenvalue weighted by Gasteiger charge is 2.20. The minimum Gasteiger partial charge on any atom is -0.394 e. The summed E-state index contributed by atoms with van der Waals surface area (Å²) in [6, 6.07) is 0. The lowest BCUT2D eigenvalue weighted by Gasteiger charge is -2.25. The maximum absolute atomic E-state index is 5.87. The van der Waals surface area contributed by atoms with Crippen molar-refractivity contribution in [2.75, 3.05) is 30.3 Å². The van der Waals surface area contributed by atoms with Gasteiger partial charge in [0.05, 0.1) is 18.0 Å². The fourth-order valence-corrected chi connectivity index (χ4v) is 2.14. The second kappa shape index (κ2) is 5.51. The van der Waals surface area contributed by atoms with Crippen molar-refractivity contribution in [3.63, 3.8) is 0 Å². The number of nitrogen functional groups attached to an aromatic ring is 1. The summed E-state index contributed by atoms with van der Waals surface area (Å²) in [7, 11) is 0. The summed E-state index contributed by atoms with van der Waals surface area (Å²) in [4.78, 5) is 10.1. The standard InChI is InChI=1S/C11H17ClN4O/c1-2-16(7-8-4-3-5-17-8)10-9(13)6-14-11(12)15-10/h6,8H,2-5,7,13H2,1H3. The number of nitrogens with two attached hydrogens (primary N) is 1. The Labute approximate surface area is 106 Å². The van der Waals surface area contributed by atoms with Gasteiger partial charge in [-0.3, -0.25) is 0 Å². The van der Waals surface area contributed by atoms with E-state index in [0.717, 1.165) is 32.5 Å². The SMILES string of the molecule is CCN(CC1CCCO1)c1nc(Cl)ncc1N. The van der Waals surface area contributed by atoms with E-state index in [1.807, 2.05) is 0 Å². The molecule has 94 valence electrons. The zero-order valence-corrected chi connectivity index (χ0v) is 10.7. The molecule has 1 saturated heterocycles. The highest BCUT2D eigenvalue weighted by Crippen LogP contribution is 2.23. The number of hydrogen-bond donors (Lipinski definition) is 1. The zero-order chi connectivity index (χ0) is 12.3. The van der Waals surface area contributed by atoms with Crippen LogP contribution in [0.1, 0.15) is 19.8 Å². The molecule has 1 aromatic heterocycles. The van der Waals surface area contributed by atoms with Crippen LogP contribution in [-0.2, 0) is 4.74 Å². The van der Waals surface area contributed by atoms with Gasteiger partial charge in [-0.2, -0.15) is 4.98 Å². The molecule has 5 nitrogen and oxygen atoms in total. The number of halogens is 1. The first-order valence-corrected chi connectivity index (χ1v) is 6.23. The normalized spacial score (nSPS) is 19.5. The minimum absolute atomic E-state index is 0.222. The summed E-state index contributed by atoms with van der Waals surface area (Å²) in [6.07, 6.45) is 4.03. The van der Waals surface area contributed by atoms with Crippen molar-refractivity contribution in [2.24, 2.45) is 0 Å². The zero-order valence-electron chi connectivity index (χ0n) is 9.90. The Hall–Kier alpha value is -1.07. The van der Waals surface area contributed by atoms with E-state index in [1.54, 1.807) is 6.20 Å². The van der Waals surface area contributed by atoms with Crippen LogP contribution in [0.25, 0.3) is 0 Å². The lowest BCUT2D eigenvalue weighted by Crippen LogP contribution is -2.33. The van der Waals surface area contributed by atoms with Gasteiger partial charge in [0.1, 0.15) is 0 Å². The number of likely N-dealkylation sites (N-methyl/N-ethyl adjacent to an activating group) is 1. The van der Waals surface area contributed by atoms with Gasteiger partial charge in [0.25, 0.3) is 0 Å². The van der Waals surface area contributed by atoms with Crippen molar-refractivity contribution in [1.82, 2.24) is 9.97 Å². The molecule has 1 fully saturated rings. The largest absolute Gasteiger partial charge is 0.394 e. The topological polar surface area (TPSA) is 64.3 Å². The number of rotatable bonds is 4. The van der Waals surface area contributed by atoms with E-state index >= 15 is 0 Å². The first-order chi connectivity index (χ1) is 8.20. The molecule has 17 heavy (non-hydrogen) atoms. The third-order valence-electron chi connectivity index (χ3n) is 2.90. The molecule has 1 aliphatic rings. The Balaban J connectivity index is 2.13. The first-order valence-electron chi connectivity index (χ1n) is 5.85. The molecule has 2 heterocycles. The first kappa shape index (κ1) is 12.4. The monoisotopic (exact) mass is 256 g/mol. The molecule has 0 spiro atoms. The number of hydrogen-bond acceptors (Lipinski definition) is 5. The molecule has 0 bridgehead atoms. The summed E-state index contributed by atoms with van der Waals surface area (Å²) < 4.78 is 5.62. The fourth-order valence-electron chi connectivity index (χ4n) is 2.01. The van der Waals surface area contributed by atoms with E-state index in [9.17, 15) is 0 Å². The molecule has 6 heteroatoms. The maximum Gasteiger partial charge on any atom is 0.224 e. The van der Waals surface area contributed by atoms with Crippen LogP contribution >= 0.6 is 11.6 Å². The summed E-state index contributed by atoms with van der Waals surface area (Å²) in [5.41, 5.74) is 6.42. The fraction of sp³-hybridized carbons (Fsp3) is 0.636. The average Bonchev–Trinajstić information content (AvgIpc) is 2.82. The van der Waals surface area contributed by atoms with Crippen molar-refractivity contribution >= 4 is 23.1 Å². The predicted molar refractivity (Wildman–Crippen MR) is 68.3 cm³/mol. The smallest absolute Gasteiger partial charge is 0.224 e. The molecule has 0 radical (unpaired) electrons. The number of ether oxygens (including phenoxy) is 1. The molecule has 2 N–H and O–H groups in total. The van der Waals surface area contributed by atoms with Crippen LogP contribution in [-0.4, -0.2) is 35.8 Å². The Morgan fingerprint density at radius 3 is 3.12 bits per heavy atom. The lowest BCUT2D eigenvalue weighted by atomic mass is 10.2. The number of aromatic nitrogens is 2. The lowest BCUT2D eigenvalue weighted by molar-refractivity contribution is 0.115. The van der Waals surface area contributed by atoms with E-state index < -0.39 is 0 Å². The second-order valence-corrected chi connectivity index (χ2v) is 4.43. The van der Waals surface area contributed by atoms with Gasteiger partial charge < -0.3 is 15.4 Å². The molecule has 1 atom stereocenters. The van der Waals surface area contributed by atoms with E-state index in [0.29, 0.717) is 11.5 Å². The molecule has 0 aromatic carbocycles. The Morgan fingerprint density at radius 1 is 1.65 bits per heavy atom. The predicted octanol–water partition coefficient (Wildman–Crippen LogP) is 1.72. The molecular weight excluding hydrogens is 240 g/mol. The molecule has 1 aromatic rings. The van der Waals surface area contributed by atoms with Crippen molar-refractivity contribution in [1.29, 1.82) is 0 Å². The average molecular weight is 257 g/mol. The van der Waals surface area contributed by atoms with E-state index in [-0.39, 0.29) is 11.4 Å². The van der Waals surface area contributed by atoms with Crippen LogP contribution < -0.4 is 10.6 Å². The van der Waals surface area contributed by atoms with E-state index in [4.69, 9.17) is 22.1 Å². The highest BCUT2D eigenvalue weighted by atomic mass is 35.5. The van der Waals surface area contributed by atoms with Gasteiger partial charge in [-0.15, -0.1) is 0 Å². The van der Waals surface area contributed by atoms with Gasteiger partial charge in [-0.05, 0) is 31.4 Å². The van der Waals surface area contributed by atoms with Crippen LogP contribution in [0, 0.1) is 0 Å². The van der Waals surface area contributed by atoms with Gasteiger partial charge in [0.2, 0.25) is 5.28 Å². The van der Waals surface area contributed by atoms with E-state index in [1.165, 1.54) is 0 Å². The molecule has 1 unspecified atom stereocenters. The molecule has 0 amide bonds. The number of nitrogens with zero attached hydrogens (tertiary/aromatic N) is 3. The van der Waals surface area contributed by atoms with Crippen molar-refractivity contribution in [2.45, 2.75) is 25.9 Å². The van der Waals surface area contributed by atoms with E-state index in [2.05, 4.69) is 21.8 Å². The van der Waals surface area contributed by atoms with Gasteiger partial charge >= 0.3 is 0 Å². The van der Waals surface area contributed by atoms with Crippen LogP contribution in [0.3, 0.4) is 0 Å². The summed E-state index contributed by atoms with van der Waals surface area (Å²) in [5.74, 6) is 0.697.